The average molecular weight is 369 g/mol. The van der Waals surface area contributed by atoms with E-state index in [1.807, 2.05) is 6.92 Å². The number of hydrogen-bond acceptors (Lipinski definition) is 5. The standard InChI is InChI=1S/C14H15N3O3S3/c1-9-7-10-8-11(4-5-12(10)15-14(21)20-9)16-23(18,19)17-13-3-2-6-22-13/h2-6,8-9,16-17H,7H2,1H3,(H,15,21). The van der Waals surface area contributed by atoms with E-state index >= 15 is 0 Å². The molecule has 3 N–H and O–H groups in total. The summed E-state index contributed by atoms with van der Waals surface area (Å²) in [7, 11) is -3.68. The second-order valence-corrected chi connectivity index (χ2v) is 7.84. The third-order valence-electron chi connectivity index (χ3n) is 3.17. The molecule has 2 heterocycles. The number of benzene rings is 1. The Hall–Kier alpha value is -1.84. The monoisotopic (exact) mass is 369 g/mol. The second kappa shape index (κ2) is 6.34. The summed E-state index contributed by atoms with van der Waals surface area (Å²) in [6, 6.07) is 8.72. The molecule has 1 atom stereocenters. The zero-order chi connectivity index (χ0) is 16.4. The van der Waals surface area contributed by atoms with Crippen LogP contribution in [0.25, 0.3) is 0 Å². The highest BCUT2D eigenvalue weighted by molar-refractivity contribution is 7.94. The van der Waals surface area contributed by atoms with Gasteiger partial charge in [0.2, 0.25) is 0 Å². The van der Waals surface area contributed by atoms with Crippen LogP contribution in [0.5, 0.6) is 0 Å². The van der Waals surface area contributed by atoms with Crippen LogP contribution in [0.15, 0.2) is 35.7 Å². The summed E-state index contributed by atoms with van der Waals surface area (Å²) in [6.45, 7) is 1.91. The molecule has 0 amide bonds. The highest BCUT2D eigenvalue weighted by Crippen LogP contribution is 2.26. The molecule has 3 rings (SSSR count). The van der Waals surface area contributed by atoms with E-state index in [2.05, 4.69) is 14.8 Å². The van der Waals surface area contributed by atoms with Gasteiger partial charge in [-0.1, -0.05) is 0 Å². The highest BCUT2D eigenvalue weighted by atomic mass is 32.2. The van der Waals surface area contributed by atoms with E-state index in [0.717, 1.165) is 11.3 Å². The maximum atomic E-state index is 12.1. The second-order valence-electron chi connectivity index (χ2n) is 5.10. The molecule has 1 aromatic heterocycles. The molecule has 1 aliphatic rings. The molecule has 122 valence electrons. The SMILES string of the molecule is CC1Cc2cc(NS(=O)(=O)Nc3cccs3)ccc2NC(=S)O1. The lowest BCUT2D eigenvalue weighted by Gasteiger charge is -2.12. The number of thiophene rings is 1. The van der Waals surface area contributed by atoms with Gasteiger partial charge >= 0.3 is 10.2 Å². The summed E-state index contributed by atoms with van der Waals surface area (Å²) >= 11 is 6.39. The molecule has 0 fully saturated rings. The fourth-order valence-electron chi connectivity index (χ4n) is 2.27. The molecule has 9 heteroatoms. The number of thiocarbonyl (C=S) groups is 1. The summed E-state index contributed by atoms with van der Waals surface area (Å²) < 4.78 is 34.8. The van der Waals surface area contributed by atoms with Crippen molar-refractivity contribution in [1.82, 2.24) is 0 Å². The van der Waals surface area contributed by atoms with Crippen LogP contribution < -0.4 is 14.8 Å². The first kappa shape index (κ1) is 16.0. The first-order chi connectivity index (χ1) is 10.9. The van der Waals surface area contributed by atoms with Gasteiger partial charge in [-0.3, -0.25) is 9.44 Å². The van der Waals surface area contributed by atoms with Crippen LogP contribution in [0.4, 0.5) is 16.4 Å². The van der Waals surface area contributed by atoms with Gasteiger partial charge in [0.1, 0.15) is 11.1 Å². The van der Waals surface area contributed by atoms with Crippen LogP contribution >= 0.6 is 23.6 Å². The van der Waals surface area contributed by atoms with Crippen molar-refractivity contribution >= 4 is 55.3 Å². The lowest BCUT2D eigenvalue weighted by atomic mass is 10.1. The van der Waals surface area contributed by atoms with Crippen molar-refractivity contribution < 1.29 is 13.2 Å². The maximum absolute atomic E-state index is 12.1. The van der Waals surface area contributed by atoms with Gasteiger partial charge in [0.25, 0.3) is 5.17 Å². The maximum Gasteiger partial charge on any atom is 0.322 e. The minimum absolute atomic E-state index is 0.0765. The lowest BCUT2D eigenvalue weighted by molar-refractivity contribution is 0.217. The van der Waals surface area contributed by atoms with Crippen LogP contribution in [0, 0.1) is 0 Å². The Morgan fingerprint density at radius 2 is 2.17 bits per heavy atom. The summed E-state index contributed by atoms with van der Waals surface area (Å²) in [5, 5.41) is 5.68. The van der Waals surface area contributed by atoms with Crippen LogP contribution in [0.1, 0.15) is 12.5 Å². The van der Waals surface area contributed by atoms with Gasteiger partial charge in [0.15, 0.2) is 0 Å². The quantitative estimate of drug-likeness (QED) is 0.722. The van der Waals surface area contributed by atoms with Gasteiger partial charge in [-0.15, -0.1) is 11.3 Å². The van der Waals surface area contributed by atoms with Gasteiger partial charge in [0.05, 0.1) is 5.69 Å². The number of hydrogen-bond donors (Lipinski definition) is 3. The predicted molar refractivity (Wildman–Crippen MR) is 97.4 cm³/mol. The smallest absolute Gasteiger partial charge is 0.322 e. The fraction of sp³-hybridized carbons (Fsp3) is 0.214. The predicted octanol–water partition coefficient (Wildman–Crippen LogP) is 3.17. The van der Waals surface area contributed by atoms with Crippen LogP contribution in [-0.4, -0.2) is 19.7 Å². The molecule has 23 heavy (non-hydrogen) atoms. The minimum atomic E-state index is -3.68. The molecule has 1 aromatic carbocycles. The molecule has 0 bridgehead atoms. The summed E-state index contributed by atoms with van der Waals surface area (Å²) in [5.74, 6) is 0. The van der Waals surface area contributed by atoms with E-state index in [-0.39, 0.29) is 6.10 Å². The van der Waals surface area contributed by atoms with Crippen molar-refractivity contribution in [2.24, 2.45) is 0 Å². The molecule has 0 spiro atoms. The van der Waals surface area contributed by atoms with Crippen molar-refractivity contribution in [2.75, 3.05) is 14.8 Å². The van der Waals surface area contributed by atoms with Crippen molar-refractivity contribution in [3.8, 4) is 0 Å². The Morgan fingerprint density at radius 3 is 2.91 bits per heavy atom. The summed E-state index contributed by atoms with van der Waals surface area (Å²) in [4.78, 5) is 0. The third-order valence-corrected chi connectivity index (χ3v) is 5.27. The zero-order valence-electron chi connectivity index (χ0n) is 12.2. The molecule has 0 radical (unpaired) electrons. The summed E-state index contributed by atoms with van der Waals surface area (Å²) in [5.41, 5.74) is 2.25. The number of anilines is 3. The van der Waals surface area contributed by atoms with Gasteiger partial charge in [0, 0.05) is 12.1 Å². The lowest BCUT2D eigenvalue weighted by Crippen LogP contribution is -2.21. The minimum Gasteiger partial charge on any atom is -0.467 e. The van der Waals surface area contributed by atoms with E-state index in [9.17, 15) is 8.42 Å². The molecule has 6 nitrogen and oxygen atoms in total. The van der Waals surface area contributed by atoms with E-state index in [1.165, 1.54) is 11.3 Å². The Labute approximate surface area is 144 Å². The molecule has 1 aliphatic heterocycles. The largest absolute Gasteiger partial charge is 0.467 e. The first-order valence-electron chi connectivity index (χ1n) is 6.86. The molecular formula is C14H15N3O3S3. The highest BCUT2D eigenvalue weighted by Gasteiger charge is 2.18. The van der Waals surface area contributed by atoms with Crippen LogP contribution in [-0.2, 0) is 21.4 Å². The van der Waals surface area contributed by atoms with Crippen LogP contribution in [0.2, 0.25) is 0 Å². The van der Waals surface area contributed by atoms with Crippen molar-refractivity contribution in [2.45, 2.75) is 19.4 Å². The molecule has 0 saturated heterocycles. The van der Waals surface area contributed by atoms with Gasteiger partial charge in [-0.25, -0.2) is 0 Å². The van der Waals surface area contributed by atoms with Crippen molar-refractivity contribution in [3.63, 3.8) is 0 Å². The number of nitrogens with one attached hydrogen (secondary N) is 3. The van der Waals surface area contributed by atoms with E-state index < -0.39 is 10.2 Å². The van der Waals surface area contributed by atoms with Gasteiger partial charge < -0.3 is 10.1 Å². The number of fused-ring (bicyclic) bond motifs is 1. The average Bonchev–Trinajstić information content (AvgIpc) is 2.87. The van der Waals surface area contributed by atoms with E-state index in [1.54, 1.807) is 35.7 Å². The molecule has 0 aliphatic carbocycles. The van der Waals surface area contributed by atoms with Crippen molar-refractivity contribution in [3.05, 3.63) is 41.3 Å². The zero-order valence-corrected chi connectivity index (χ0v) is 14.6. The van der Waals surface area contributed by atoms with E-state index in [0.29, 0.717) is 22.3 Å². The fourth-order valence-corrected chi connectivity index (χ4v) is 4.35. The molecule has 0 saturated carbocycles. The Morgan fingerprint density at radius 1 is 1.35 bits per heavy atom. The first-order valence-corrected chi connectivity index (χ1v) is 9.63. The molecule has 2 aromatic rings. The Bertz CT molecular complexity index is 819. The number of rotatable bonds is 4. The Kier molecular flexibility index (Phi) is 4.42. The molecular weight excluding hydrogens is 354 g/mol. The van der Waals surface area contributed by atoms with E-state index in [4.69, 9.17) is 17.0 Å². The van der Waals surface area contributed by atoms with Gasteiger partial charge in [-0.05, 0) is 60.4 Å². The topological polar surface area (TPSA) is 79.5 Å². The Balaban J connectivity index is 1.80. The normalized spacial score (nSPS) is 17.4. The molecule has 1 unspecified atom stereocenters. The summed E-state index contributed by atoms with van der Waals surface area (Å²) in [6.07, 6.45) is 0.559. The van der Waals surface area contributed by atoms with Crippen LogP contribution in [0.3, 0.4) is 0 Å². The van der Waals surface area contributed by atoms with Crippen molar-refractivity contribution in [1.29, 1.82) is 0 Å². The number of ether oxygens (including phenoxy) is 1. The van der Waals surface area contributed by atoms with Gasteiger partial charge in [-0.2, -0.15) is 8.42 Å². The third kappa shape index (κ3) is 4.12.